The maximum absolute atomic E-state index is 12.3. The van der Waals surface area contributed by atoms with Gasteiger partial charge in [-0.2, -0.15) is 10.4 Å². The van der Waals surface area contributed by atoms with Gasteiger partial charge in [-0.1, -0.05) is 18.2 Å². The van der Waals surface area contributed by atoms with E-state index >= 15 is 0 Å². The van der Waals surface area contributed by atoms with E-state index in [0.29, 0.717) is 12.1 Å². The number of carbonyl (C=O) groups excluding carboxylic acids is 1. The number of nitrogens with zero attached hydrogens (tertiary/aromatic N) is 4. The number of hydrogen-bond acceptors (Lipinski definition) is 4. The van der Waals surface area contributed by atoms with Crippen molar-refractivity contribution in [3.05, 3.63) is 78.1 Å². The Morgan fingerprint density at radius 1 is 1.19 bits per heavy atom. The van der Waals surface area contributed by atoms with E-state index in [0.717, 1.165) is 16.9 Å². The summed E-state index contributed by atoms with van der Waals surface area (Å²) in [5, 5.41) is 16.2. The molecule has 0 saturated heterocycles. The molecule has 26 heavy (non-hydrogen) atoms. The molecule has 2 aromatic carbocycles. The second-order valence-electron chi connectivity index (χ2n) is 5.92. The lowest BCUT2D eigenvalue weighted by molar-refractivity contribution is -0.128. The molecular formula is C20H19N5O. The monoisotopic (exact) mass is 345 g/mol. The van der Waals surface area contributed by atoms with Crippen LogP contribution in [0.15, 0.2) is 67.0 Å². The number of anilines is 1. The zero-order valence-electron chi connectivity index (χ0n) is 14.5. The summed E-state index contributed by atoms with van der Waals surface area (Å²) in [6.45, 7) is 0.677. The van der Waals surface area contributed by atoms with Gasteiger partial charge in [-0.25, -0.2) is 4.68 Å². The summed E-state index contributed by atoms with van der Waals surface area (Å²) in [6.07, 6.45) is 3.69. The Morgan fingerprint density at radius 2 is 1.92 bits per heavy atom. The minimum Gasteiger partial charge on any atom is -0.376 e. The van der Waals surface area contributed by atoms with Crippen LogP contribution in [0, 0.1) is 11.3 Å². The molecule has 0 radical (unpaired) electrons. The summed E-state index contributed by atoms with van der Waals surface area (Å²) in [7, 11) is 1.77. The number of nitriles is 1. The molecular weight excluding hydrogens is 326 g/mol. The molecule has 6 nitrogen and oxygen atoms in total. The Morgan fingerprint density at radius 3 is 2.62 bits per heavy atom. The standard InChI is InChI=1S/C20H19N5O/c1-24(20(26)13-22-18-9-7-16(11-21)8-10-18)14-17-12-23-25(15-17)19-5-3-2-4-6-19/h2-10,12,15,22H,13-14H2,1H3. The van der Waals surface area contributed by atoms with Gasteiger partial charge in [-0.3, -0.25) is 4.79 Å². The zero-order chi connectivity index (χ0) is 18.4. The van der Waals surface area contributed by atoms with Gasteiger partial charge < -0.3 is 10.2 Å². The Hall–Kier alpha value is -3.59. The maximum atomic E-state index is 12.3. The Bertz CT molecular complexity index is 909. The molecule has 0 saturated carbocycles. The molecule has 0 aliphatic heterocycles. The number of benzene rings is 2. The van der Waals surface area contributed by atoms with Gasteiger partial charge in [0, 0.05) is 31.0 Å². The number of carbonyl (C=O) groups is 1. The van der Waals surface area contributed by atoms with E-state index in [1.54, 1.807) is 47.1 Å². The highest BCUT2D eigenvalue weighted by atomic mass is 16.2. The predicted octanol–water partition coefficient (Wildman–Crippen LogP) is 2.81. The molecule has 3 aromatic rings. The van der Waals surface area contributed by atoms with Gasteiger partial charge in [0.2, 0.25) is 5.91 Å². The third kappa shape index (κ3) is 4.28. The van der Waals surface area contributed by atoms with Gasteiger partial charge in [0.15, 0.2) is 0 Å². The number of rotatable bonds is 6. The molecule has 0 unspecified atom stereocenters. The predicted molar refractivity (Wildman–Crippen MR) is 99.7 cm³/mol. The number of amides is 1. The SMILES string of the molecule is CN(Cc1cnn(-c2ccccc2)c1)C(=O)CNc1ccc(C#N)cc1. The van der Waals surface area contributed by atoms with Gasteiger partial charge in [0.05, 0.1) is 30.1 Å². The summed E-state index contributed by atoms with van der Waals surface area (Å²) >= 11 is 0. The van der Waals surface area contributed by atoms with Crippen LogP contribution in [0.3, 0.4) is 0 Å². The second-order valence-corrected chi connectivity index (χ2v) is 5.92. The van der Waals surface area contributed by atoms with Crippen LogP contribution in [0.4, 0.5) is 5.69 Å². The van der Waals surface area contributed by atoms with E-state index in [4.69, 9.17) is 5.26 Å². The largest absolute Gasteiger partial charge is 0.376 e. The Kier molecular flexibility index (Phi) is 5.30. The first-order valence-electron chi connectivity index (χ1n) is 8.22. The van der Waals surface area contributed by atoms with Crippen molar-refractivity contribution >= 4 is 11.6 Å². The van der Waals surface area contributed by atoms with Crippen LogP contribution in [-0.4, -0.2) is 34.2 Å². The fourth-order valence-electron chi connectivity index (χ4n) is 2.50. The zero-order valence-corrected chi connectivity index (χ0v) is 14.5. The van der Waals surface area contributed by atoms with E-state index in [1.165, 1.54) is 0 Å². The van der Waals surface area contributed by atoms with Crippen molar-refractivity contribution in [2.45, 2.75) is 6.54 Å². The molecule has 0 atom stereocenters. The van der Waals surface area contributed by atoms with Crippen molar-refractivity contribution in [1.29, 1.82) is 5.26 Å². The fourth-order valence-corrected chi connectivity index (χ4v) is 2.50. The first kappa shape index (κ1) is 17.2. The Labute approximate surface area is 152 Å². The molecule has 6 heteroatoms. The molecule has 0 fully saturated rings. The summed E-state index contributed by atoms with van der Waals surface area (Å²) in [5.41, 5.74) is 3.34. The van der Waals surface area contributed by atoms with Crippen molar-refractivity contribution < 1.29 is 4.79 Å². The first-order chi connectivity index (χ1) is 12.7. The van der Waals surface area contributed by atoms with Crippen LogP contribution in [0.5, 0.6) is 0 Å². The van der Waals surface area contributed by atoms with Crippen LogP contribution < -0.4 is 5.32 Å². The van der Waals surface area contributed by atoms with Crippen molar-refractivity contribution in [2.75, 3.05) is 18.9 Å². The molecule has 1 heterocycles. The number of para-hydroxylation sites is 1. The normalized spacial score (nSPS) is 10.2. The highest BCUT2D eigenvalue weighted by molar-refractivity contribution is 5.80. The lowest BCUT2D eigenvalue weighted by Crippen LogP contribution is -2.31. The lowest BCUT2D eigenvalue weighted by atomic mass is 10.2. The number of aromatic nitrogens is 2. The number of hydrogen-bond donors (Lipinski definition) is 1. The molecule has 3 rings (SSSR count). The van der Waals surface area contributed by atoms with Gasteiger partial charge in [0.1, 0.15) is 0 Å². The third-order valence-electron chi connectivity index (χ3n) is 3.96. The van der Waals surface area contributed by atoms with E-state index in [9.17, 15) is 4.79 Å². The quantitative estimate of drug-likeness (QED) is 0.745. The minimum atomic E-state index is -0.0261. The van der Waals surface area contributed by atoms with Crippen molar-refractivity contribution in [2.24, 2.45) is 0 Å². The molecule has 1 amide bonds. The molecule has 0 aliphatic rings. The number of likely N-dealkylation sites (N-methyl/N-ethyl adjacent to an activating group) is 1. The van der Waals surface area contributed by atoms with Gasteiger partial charge in [-0.05, 0) is 36.4 Å². The number of nitrogens with one attached hydrogen (secondary N) is 1. The van der Waals surface area contributed by atoms with Crippen LogP contribution in [-0.2, 0) is 11.3 Å². The highest BCUT2D eigenvalue weighted by Crippen LogP contribution is 2.10. The molecule has 1 N–H and O–H groups in total. The minimum absolute atomic E-state index is 0.0261. The van der Waals surface area contributed by atoms with E-state index in [-0.39, 0.29) is 12.5 Å². The Balaban J connectivity index is 1.54. The summed E-state index contributed by atoms with van der Waals surface area (Å²) in [5.74, 6) is -0.0261. The average molecular weight is 345 g/mol. The van der Waals surface area contributed by atoms with Crippen molar-refractivity contribution in [1.82, 2.24) is 14.7 Å². The molecule has 0 bridgehead atoms. The van der Waals surface area contributed by atoms with Crippen LogP contribution in [0.1, 0.15) is 11.1 Å². The van der Waals surface area contributed by atoms with E-state index in [1.807, 2.05) is 36.5 Å². The lowest BCUT2D eigenvalue weighted by Gasteiger charge is -2.17. The van der Waals surface area contributed by atoms with Crippen molar-refractivity contribution in [3.8, 4) is 11.8 Å². The second kappa shape index (κ2) is 7.99. The smallest absolute Gasteiger partial charge is 0.241 e. The highest BCUT2D eigenvalue weighted by Gasteiger charge is 2.10. The van der Waals surface area contributed by atoms with Crippen LogP contribution in [0.25, 0.3) is 5.69 Å². The van der Waals surface area contributed by atoms with E-state index in [2.05, 4.69) is 16.5 Å². The van der Waals surface area contributed by atoms with Crippen molar-refractivity contribution in [3.63, 3.8) is 0 Å². The fraction of sp³-hybridized carbons (Fsp3) is 0.150. The van der Waals surface area contributed by atoms with Crippen LogP contribution in [0.2, 0.25) is 0 Å². The summed E-state index contributed by atoms with van der Waals surface area (Å²) in [4.78, 5) is 14.0. The molecule has 0 spiro atoms. The van der Waals surface area contributed by atoms with Crippen LogP contribution >= 0.6 is 0 Å². The van der Waals surface area contributed by atoms with Gasteiger partial charge in [-0.15, -0.1) is 0 Å². The topological polar surface area (TPSA) is 74.0 Å². The first-order valence-corrected chi connectivity index (χ1v) is 8.22. The molecule has 0 aliphatic carbocycles. The van der Waals surface area contributed by atoms with Gasteiger partial charge in [0.25, 0.3) is 0 Å². The maximum Gasteiger partial charge on any atom is 0.241 e. The summed E-state index contributed by atoms with van der Waals surface area (Å²) in [6, 6.07) is 18.9. The average Bonchev–Trinajstić information content (AvgIpc) is 3.15. The van der Waals surface area contributed by atoms with Gasteiger partial charge >= 0.3 is 0 Å². The third-order valence-corrected chi connectivity index (χ3v) is 3.96. The molecule has 1 aromatic heterocycles. The molecule has 130 valence electrons. The summed E-state index contributed by atoms with van der Waals surface area (Å²) < 4.78 is 1.79. The van der Waals surface area contributed by atoms with E-state index < -0.39 is 0 Å².